The van der Waals surface area contributed by atoms with Crippen LogP contribution in [0.1, 0.15) is 12.5 Å². The van der Waals surface area contributed by atoms with Crippen molar-refractivity contribution in [2.75, 3.05) is 0 Å². The standard InChI is InChI=1S/C25H24F3N2O6P/c1-18(29-24(32)34-17-19-11-5-2-6-12-19)22(31)30-23(25(26,27)28)37(33,35-20-13-7-3-8-14-20)36-21-15-9-4-10-16-21/h2-16,18,23H,17H2,1H3,(H,29,32)(H,30,31)/t18-,23?/m0/s1. The molecule has 37 heavy (non-hydrogen) atoms. The van der Waals surface area contributed by atoms with Crippen LogP contribution in [-0.2, 0) is 20.7 Å². The SMILES string of the molecule is C[C@H](NC(=O)OCc1ccccc1)C(=O)NC(C(F)(F)F)P(=O)(Oc1ccccc1)Oc1ccccc1. The summed E-state index contributed by atoms with van der Waals surface area (Å²) in [6.07, 6.45) is -6.28. The van der Waals surface area contributed by atoms with Crippen LogP contribution in [0.4, 0.5) is 18.0 Å². The fourth-order valence-electron chi connectivity index (χ4n) is 2.99. The summed E-state index contributed by atoms with van der Waals surface area (Å²) in [5.74, 6) is -4.67. The first-order valence-electron chi connectivity index (χ1n) is 11.0. The van der Waals surface area contributed by atoms with Gasteiger partial charge in [-0.15, -0.1) is 0 Å². The molecule has 0 aromatic heterocycles. The molecule has 8 nitrogen and oxygen atoms in total. The second kappa shape index (κ2) is 12.3. The third kappa shape index (κ3) is 8.28. The number of alkyl halides is 3. The highest BCUT2D eigenvalue weighted by Crippen LogP contribution is 2.56. The third-order valence-electron chi connectivity index (χ3n) is 4.80. The van der Waals surface area contributed by atoms with Crippen LogP contribution in [0.25, 0.3) is 0 Å². The molecule has 0 saturated carbocycles. The molecule has 0 saturated heterocycles. The highest BCUT2D eigenvalue weighted by atomic mass is 31.2. The van der Waals surface area contributed by atoms with E-state index in [2.05, 4.69) is 5.32 Å². The number of alkyl carbamates (subject to hydrolysis) is 1. The lowest BCUT2D eigenvalue weighted by Crippen LogP contribution is -2.53. The number of carbonyl (C=O) groups excluding carboxylic acids is 2. The molecule has 0 fully saturated rings. The monoisotopic (exact) mass is 536 g/mol. The topological polar surface area (TPSA) is 103 Å². The van der Waals surface area contributed by atoms with Crippen molar-refractivity contribution in [2.45, 2.75) is 31.5 Å². The molecule has 3 aromatic carbocycles. The highest BCUT2D eigenvalue weighted by Gasteiger charge is 2.57. The number of hydrogen-bond donors (Lipinski definition) is 2. The van der Waals surface area contributed by atoms with E-state index in [0.717, 1.165) is 6.92 Å². The van der Waals surface area contributed by atoms with Gasteiger partial charge in [0.15, 0.2) is 0 Å². The smallest absolute Gasteiger partial charge is 0.445 e. The van der Waals surface area contributed by atoms with Gasteiger partial charge in [0.25, 0.3) is 5.78 Å². The van der Waals surface area contributed by atoms with Crippen LogP contribution in [0.15, 0.2) is 91.0 Å². The molecular weight excluding hydrogens is 512 g/mol. The van der Waals surface area contributed by atoms with E-state index in [1.807, 2.05) is 0 Å². The fourth-order valence-corrected chi connectivity index (χ4v) is 4.71. The van der Waals surface area contributed by atoms with E-state index >= 15 is 0 Å². The summed E-state index contributed by atoms with van der Waals surface area (Å²) in [4.78, 5) is 24.7. The predicted molar refractivity (Wildman–Crippen MR) is 129 cm³/mol. The average Bonchev–Trinajstić information content (AvgIpc) is 2.87. The molecule has 0 aliphatic rings. The zero-order valence-corrected chi connectivity index (χ0v) is 20.4. The van der Waals surface area contributed by atoms with Gasteiger partial charge < -0.3 is 24.4 Å². The lowest BCUT2D eigenvalue weighted by molar-refractivity contribution is -0.149. The number of halogens is 3. The Hall–Kier alpha value is -3.98. The van der Waals surface area contributed by atoms with Crippen molar-refractivity contribution >= 4 is 19.6 Å². The molecule has 1 unspecified atom stereocenters. The normalized spacial score (nSPS) is 13.1. The Labute approximate surface area is 211 Å². The first kappa shape index (κ1) is 27.6. The van der Waals surface area contributed by atoms with E-state index in [1.165, 1.54) is 48.5 Å². The molecule has 196 valence electrons. The van der Waals surface area contributed by atoms with Gasteiger partial charge in [-0.05, 0) is 36.8 Å². The zero-order chi connectivity index (χ0) is 26.9. The molecule has 2 N–H and O–H groups in total. The van der Waals surface area contributed by atoms with Gasteiger partial charge in [0, 0.05) is 0 Å². The van der Waals surface area contributed by atoms with Gasteiger partial charge in [-0.25, -0.2) is 9.36 Å². The Kier molecular flexibility index (Phi) is 9.19. The average molecular weight is 536 g/mol. The van der Waals surface area contributed by atoms with E-state index in [4.69, 9.17) is 13.8 Å². The van der Waals surface area contributed by atoms with Gasteiger partial charge in [0.05, 0.1) is 0 Å². The molecule has 0 heterocycles. The van der Waals surface area contributed by atoms with E-state index in [1.54, 1.807) is 47.8 Å². The molecule has 0 spiro atoms. The molecule has 3 aromatic rings. The summed E-state index contributed by atoms with van der Waals surface area (Å²) < 4.78 is 71.6. The van der Waals surface area contributed by atoms with Crippen LogP contribution in [-0.4, -0.2) is 30.0 Å². The number of carbonyl (C=O) groups is 2. The van der Waals surface area contributed by atoms with E-state index in [0.29, 0.717) is 5.56 Å². The zero-order valence-electron chi connectivity index (χ0n) is 19.6. The molecule has 0 aliphatic carbocycles. The lowest BCUT2D eigenvalue weighted by atomic mass is 10.2. The van der Waals surface area contributed by atoms with Crippen LogP contribution in [0.5, 0.6) is 11.5 Å². The summed E-state index contributed by atoms with van der Waals surface area (Å²) in [6, 6.07) is 21.4. The van der Waals surface area contributed by atoms with Crippen molar-refractivity contribution in [2.24, 2.45) is 0 Å². The maximum absolute atomic E-state index is 14.2. The Morgan fingerprint density at radius 3 is 1.73 bits per heavy atom. The number of hydrogen-bond acceptors (Lipinski definition) is 6. The third-order valence-corrected chi connectivity index (χ3v) is 6.78. The fraction of sp³-hybridized carbons (Fsp3) is 0.200. The lowest BCUT2D eigenvalue weighted by Gasteiger charge is -2.30. The van der Waals surface area contributed by atoms with Gasteiger partial charge in [0.1, 0.15) is 24.1 Å². The number of rotatable bonds is 10. The van der Waals surface area contributed by atoms with Crippen LogP contribution in [0.3, 0.4) is 0 Å². The summed E-state index contributed by atoms with van der Waals surface area (Å²) in [5.41, 5.74) is 0.670. The van der Waals surface area contributed by atoms with Crippen molar-refractivity contribution in [1.29, 1.82) is 0 Å². The molecule has 2 atom stereocenters. The van der Waals surface area contributed by atoms with Crippen LogP contribution < -0.4 is 19.7 Å². The summed E-state index contributed by atoms with van der Waals surface area (Å²) >= 11 is 0. The number of para-hydroxylation sites is 2. The van der Waals surface area contributed by atoms with Gasteiger partial charge in [0.2, 0.25) is 5.91 Å². The van der Waals surface area contributed by atoms with Crippen molar-refractivity contribution < 1.29 is 41.1 Å². The first-order valence-corrected chi connectivity index (χ1v) is 12.6. The number of ether oxygens (including phenoxy) is 1. The molecule has 0 aliphatic heterocycles. The predicted octanol–water partition coefficient (Wildman–Crippen LogP) is 5.66. The van der Waals surface area contributed by atoms with Crippen molar-refractivity contribution in [1.82, 2.24) is 10.6 Å². The minimum Gasteiger partial charge on any atom is -0.445 e. The first-order chi connectivity index (χ1) is 17.6. The highest BCUT2D eigenvalue weighted by molar-refractivity contribution is 7.55. The van der Waals surface area contributed by atoms with Crippen molar-refractivity contribution in [3.63, 3.8) is 0 Å². The van der Waals surface area contributed by atoms with E-state index < -0.39 is 37.6 Å². The maximum atomic E-state index is 14.2. The van der Waals surface area contributed by atoms with Crippen molar-refractivity contribution in [3.05, 3.63) is 96.6 Å². The number of nitrogens with one attached hydrogen (secondary N) is 2. The molecule has 3 rings (SSSR count). The second-order valence-electron chi connectivity index (χ2n) is 7.73. The number of benzene rings is 3. The maximum Gasteiger partial charge on any atom is 0.462 e. The van der Waals surface area contributed by atoms with Gasteiger partial charge >= 0.3 is 19.9 Å². The molecule has 0 radical (unpaired) electrons. The van der Waals surface area contributed by atoms with Gasteiger partial charge in [-0.3, -0.25) is 4.79 Å². The molecule has 0 bridgehead atoms. The van der Waals surface area contributed by atoms with E-state index in [9.17, 15) is 27.3 Å². The quantitative estimate of drug-likeness (QED) is 0.325. The van der Waals surface area contributed by atoms with Gasteiger partial charge in [-0.2, -0.15) is 13.2 Å². The Bertz CT molecular complexity index is 1170. The van der Waals surface area contributed by atoms with Crippen LogP contribution in [0.2, 0.25) is 0 Å². The molecule has 12 heteroatoms. The van der Waals surface area contributed by atoms with Crippen molar-refractivity contribution in [3.8, 4) is 11.5 Å². The summed E-state index contributed by atoms with van der Waals surface area (Å²) in [6.45, 7) is 1.03. The number of amides is 2. The minimum absolute atomic E-state index is 0.114. The van der Waals surface area contributed by atoms with Crippen LogP contribution >= 0.6 is 7.60 Å². The summed E-state index contributed by atoms with van der Waals surface area (Å²) in [7, 11) is -5.18. The summed E-state index contributed by atoms with van der Waals surface area (Å²) in [5, 5.41) is 3.82. The molecule has 2 amide bonds. The Morgan fingerprint density at radius 2 is 1.27 bits per heavy atom. The van der Waals surface area contributed by atoms with Gasteiger partial charge in [-0.1, -0.05) is 66.7 Å². The Morgan fingerprint density at radius 1 is 0.811 bits per heavy atom. The second-order valence-corrected chi connectivity index (χ2v) is 9.69. The largest absolute Gasteiger partial charge is 0.462 e. The molecular formula is C25H24F3N2O6P. The minimum atomic E-state index is -5.25. The Balaban J connectivity index is 1.77. The van der Waals surface area contributed by atoms with Crippen LogP contribution in [0, 0.1) is 0 Å². The van der Waals surface area contributed by atoms with E-state index in [-0.39, 0.29) is 18.1 Å².